The molecule has 1 heteroatoms. The third kappa shape index (κ3) is 5.91. The molecule has 6 atom stereocenters. The summed E-state index contributed by atoms with van der Waals surface area (Å²) >= 11 is 0. The second-order valence-electron chi connectivity index (χ2n) is 12.8. The average molecular weight is 431 g/mol. The zero-order chi connectivity index (χ0) is 21.8. The van der Waals surface area contributed by atoms with E-state index in [2.05, 4.69) is 20.8 Å². The first kappa shape index (κ1) is 24.1. The lowest BCUT2D eigenvalue weighted by molar-refractivity contribution is -0.0606. The molecule has 4 aliphatic carbocycles. The molecule has 180 valence electrons. The van der Waals surface area contributed by atoms with E-state index in [1.165, 1.54) is 96.3 Å². The maximum atomic E-state index is 6.23. The van der Waals surface area contributed by atoms with Crippen LogP contribution in [0.1, 0.15) is 124 Å². The Bertz CT molecular complexity index is 513. The summed E-state index contributed by atoms with van der Waals surface area (Å²) in [5.41, 5.74) is 0. The van der Waals surface area contributed by atoms with Crippen LogP contribution in [-0.4, -0.2) is 13.2 Å². The largest absolute Gasteiger partial charge is 0.381 e. The van der Waals surface area contributed by atoms with Gasteiger partial charge in [0.1, 0.15) is 0 Å². The van der Waals surface area contributed by atoms with Gasteiger partial charge in [0, 0.05) is 7.11 Å². The van der Waals surface area contributed by atoms with Gasteiger partial charge < -0.3 is 4.74 Å². The van der Waals surface area contributed by atoms with E-state index in [0.29, 0.717) is 6.10 Å². The molecule has 4 aliphatic rings. The smallest absolute Gasteiger partial charge is 0.0602 e. The first-order valence-corrected chi connectivity index (χ1v) is 14.6. The monoisotopic (exact) mass is 430 g/mol. The highest BCUT2D eigenvalue weighted by Gasteiger charge is 2.44. The van der Waals surface area contributed by atoms with Crippen LogP contribution in [0, 0.1) is 53.3 Å². The van der Waals surface area contributed by atoms with E-state index >= 15 is 0 Å². The Kier molecular flexibility index (Phi) is 8.86. The van der Waals surface area contributed by atoms with Crippen molar-refractivity contribution in [1.29, 1.82) is 0 Å². The number of rotatable bonds is 6. The number of methoxy groups -OCH3 is 1. The van der Waals surface area contributed by atoms with Gasteiger partial charge in [0.15, 0.2) is 0 Å². The zero-order valence-corrected chi connectivity index (χ0v) is 21.5. The minimum absolute atomic E-state index is 0.549. The van der Waals surface area contributed by atoms with Crippen LogP contribution in [0.4, 0.5) is 0 Å². The summed E-state index contributed by atoms with van der Waals surface area (Å²) in [6.45, 7) is 7.38. The van der Waals surface area contributed by atoms with Crippen LogP contribution in [0.15, 0.2) is 0 Å². The lowest BCUT2D eigenvalue weighted by atomic mass is 9.57. The summed E-state index contributed by atoms with van der Waals surface area (Å²) in [5.74, 6) is 8.85. The van der Waals surface area contributed by atoms with Gasteiger partial charge in [0.2, 0.25) is 0 Å². The van der Waals surface area contributed by atoms with Crippen molar-refractivity contribution in [2.75, 3.05) is 7.11 Å². The summed E-state index contributed by atoms with van der Waals surface area (Å²) in [5, 5.41) is 0. The van der Waals surface area contributed by atoms with Crippen molar-refractivity contribution < 1.29 is 4.74 Å². The quantitative estimate of drug-likeness (QED) is 0.408. The van der Waals surface area contributed by atoms with E-state index in [4.69, 9.17) is 4.74 Å². The molecule has 0 bridgehead atoms. The maximum absolute atomic E-state index is 6.23. The highest BCUT2D eigenvalue weighted by atomic mass is 16.5. The summed E-state index contributed by atoms with van der Waals surface area (Å²) in [6.07, 6.45) is 24.3. The van der Waals surface area contributed by atoms with Crippen LogP contribution < -0.4 is 0 Å². The van der Waals surface area contributed by atoms with E-state index < -0.39 is 0 Å². The van der Waals surface area contributed by atoms with Crippen molar-refractivity contribution in [2.45, 2.75) is 130 Å². The normalized spacial score (nSPS) is 47.2. The van der Waals surface area contributed by atoms with Gasteiger partial charge in [-0.05, 0) is 117 Å². The van der Waals surface area contributed by atoms with E-state index in [-0.39, 0.29) is 0 Å². The Balaban J connectivity index is 1.45. The van der Waals surface area contributed by atoms with Gasteiger partial charge in [-0.25, -0.2) is 0 Å². The molecule has 4 fully saturated rings. The second-order valence-corrected chi connectivity index (χ2v) is 12.8. The first-order chi connectivity index (χ1) is 15.1. The van der Waals surface area contributed by atoms with Crippen molar-refractivity contribution in [3.63, 3.8) is 0 Å². The van der Waals surface area contributed by atoms with Crippen LogP contribution >= 0.6 is 0 Å². The fourth-order valence-electron chi connectivity index (χ4n) is 8.88. The fraction of sp³-hybridized carbons (Fsp3) is 1.00. The number of hydrogen-bond acceptors (Lipinski definition) is 1. The third-order valence-electron chi connectivity index (χ3n) is 10.9. The molecule has 31 heavy (non-hydrogen) atoms. The number of hydrogen-bond donors (Lipinski definition) is 0. The molecular formula is C30H54O. The van der Waals surface area contributed by atoms with Gasteiger partial charge in [-0.2, -0.15) is 0 Å². The minimum atomic E-state index is 0.549. The molecule has 0 N–H and O–H groups in total. The Morgan fingerprint density at radius 3 is 1.58 bits per heavy atom. The maximum Gasteiger partial charge on any atom is 0.0602 e. The Morgan fingerprint density at radius 2 is 1.06 bits per heavy atom. The highest BCUT2D eigenvalue weighted by molar-refractivity contribution is 4.94. The molecule has 0 spiro atoms. The predicted molar refractivity (Wildman–Crippen MR) is 133 cm³/mol. The van der Waals surface area contributed by atoms with Crippen LogP contribution in [0.3, 0.4) is 0 Å². The molecule has 4 rings (SSSR count). The van der Waals surface area contributed by atoms with Crippen molar-refractivity contribution >= 4 is 0 Å². The fourth-order valence-corrected chi connectivity index (χ4v) is 8.88. The van der Waals surface area contributed by atoms with Gasteiger partial charge in [-0.1, -0.05) is 59.3 Å². The Hall–Kier alpha value is -0.0400. The van der Waals surface area contributed by atoms with E-state index in [1.54, 1.807) is 6.42 Å². The van der Waals surface area contributed by atoms with Gasteiger partial charge >= 0.3 is 0 Å². The molecule has 0 saturated heterocycles. The summed E-state index contributed by atoms with van der Waals surface area (Å²) in [4.78, 5) is 0. The average Bonchev–Trinajstić information content (AvgIpc) is 2.80. The second kappa shape index (κ2) is 11.4. The lowest BCUT2D eigenvalue weighted by Crippen LogP contribution is -2.43. The van der Waals surface area contributed by atoms with Crippen LogP contribution in [-0.2, 0) is 4.74 Å². The van der Waals surface area contributed by atoms with Gasteiger partial charge in [-0.3, -0.25) is 0 Å². The molecule has 0 heterocycles. The van der Waals surface area contributed by atoms with Gasteiger partial charge in [0.25, 0.3) is 0 Å². The van der Waals surface area contributed by atoms with Gasteiger partial charge in [0.05, 0.1) is 6.10 Å². The van der Waals surface area contributed by atoms with Crippen LogP contribution in [0.25, 0.3) is 0 Å². The van der Waals surface area contributed by atoms with Crippen molar-refractivity contribution in [1.82, 2.24) is 0 Å². The predicted octanol–water partition coefficient (Wildman–Crippen LogP) is 8.90. The minimum Gasteiger partial charge on any atom is -0.381 e. The van der Waals surface area contributed by atoms with Crippen LogP contribution in [0.2, 0.25) is 0 Å². The molecule has 0 aromatic heterocycles. The van der Waals surface area contributed by atoms with Crippen molar-refractivity contribution in [2.24, 2.45) is 53.3 Å². The lowest BCUT2D eigenvalue weighted by Gasteiger charge is -2.49. The van der Waals surface area contributed by atoms with E-state index in [0.717, 1.165) is 53.3 Å². The summed E-state index contributed by atoms with van der Waals surface area (Å²) in [6, 6.07) is 0. The zero-order valence-electron chi connectivity index (χ0n) is 21.5. The molecule has 6 unspecified atom stereocenters. The third-order valence-corrected chi connectivity index (χ3v) is 10.9. The molecule has 4 saturated carbocycles. The van der Waals surface area contributed by atoms with E-state index in [1.807, 2.05) is 7.11 Å². The standard InChI is InChI=1S/C30H54O/c1-5-6-25-15-16-26(23-11-7-21(2)8-12-23)19-28(25)29-20-27(17-18-30(29)31-4)24-13-9-22(3)10-14-24/h21-30H,5-20H2,1-4H3. The van der Waals surface area contributed by atoms with Gasteiger partial charge in [-0.15, -0.1) is 0 Å². The Labute approximate surface area is 194 Å². The van der Waals surface area contributed by atoms with Crippen molar-refractivity contribution in [3.8, 4) is 0 Å². The molecule has 0 aromatic rings. The number of ether oxygens (including phenoxy) is 1. The topological polar surface area (TPSA) is 9.23 Å². The highest BCUT2D eigenvalue weighted by Crippen LogP contribution is 2.52. The molecule has 0 radical (unpaired) electrons. The van der Waals surface area contributed by atoms with E-state index in [9.17, 15) is 0 Å². The Morgan fingerprint density at radius 1 is 0.581 bits per heavy atom. The van der Waals surface area contributed by atoms with Crippen molar-refractivity contribution in [3.05, 3.63) is 0 Å². The molecule has 0 aromatic carbocycles. The summed E-state index contributed by atoms with van der Waals surface area (Å²) < 4.78 is 6.23. The molecule has 1 nitrogen and oxygen atoms in total. The molecular weight excluding hydrogens is 376 g/mol. The molecule has 0 amide bonds. The SMILES string of the molecule is CCCC1CCC(C2CCC(C)CC2)CC1C1CC(C2CCC(C)CC2)CCC1OC. The van der Waals surface area contributed by atoms with Crippen LogP contribution in [0.5, 0.6) is 0 Å². The summed E-state index contributed by atoms with van der Waals surface area (Å²) in [7, 11) is 2.03. The first-order valence-electron chi connectivity index (χ1n) is 14.6. The molecule has 0 aliphatic heterocycles.